The zero-order chi connectivity index (χ0) is 12.1. The first-order valence-corrected chi connectivity index (χ1v) is 7.05. The molecule has 0 amide bonds. The Balaban J connectivity index is 2.64. The van der Waals surface area contributed by atoms with Crippen molar-refractivity contribution in [2.45, 2.75) is 40.3 Å². The Morgan fingerprint density at radius 2 is 1.62 bits per heavy atom. The molecule has 0 N–H and O–H groups in total. The predicted molar refractivity (Wildman–Crippen MR) is 79.5 cm³/mol. The van der Waals surface area contributed by atoms with Crippen LogP contribution in [0.4, 0.5) is 0 Å². The van der Waals surface area contributed by atoms with Gasteiger partial charge in [0.05, 0.1) is 0 Å². The van der Waals surface area contributed by atoms with E-state index >= 15 is 0 Å². The van der Waals surface area contributed by atoms with Crippen molar-refractivity contribution in [2.24, 2.45) is 5.92 Å². The maximum Gasteiger partial charge on any atom is 0.0236 e. The number of hydrogen-bond acceptors (Lipinski definition) is 1. The van der Waals surface area contributed by atoms with Crippen molar-refractivity contribution in [3.05, 3.63) is 33.4 Å². The van der Waals surface area contributed by atoms with Gasteiger partial charge in [0.15, 0.2) is 0 Å². The molecular weight excluding hydrogens is 309 g/mol. The predicted octanol–water partition coefficient (Wildman–Crippen LogP) is 4.16. The molecule has 0 spiro atoms. The van der Waals surface area contributed by atoms with Gasteiger partial charge in [-0.1, -0.05) is 26.0 Å². The van der Waals surface area contributed by atoms with E-state index in [-0.39, 0.29) is 0 Å². The van der Waals surface area contributed by atoms with Gasteiger partial charge < -0.3 is 0 Å². The van der Waals surface area contributed by atoms with Crippen molar-refractivity contribution in [3.63, 3.8) is 0 Å². The Morgan fingerprint density at radius 3 is 2.06 bits per heavy atom. The van der Waals surface area contributed by atoms with Crippen LogP contribution in [-0.4, -0.2) is 17.5 Å². The van der Waals surface area contributed by atoms with Gasteiger partial charge in [-0.05, 0) is 60.1 Å². The summed E-state index contributed by atoms with van der Waals surface area (Å²) in [4.78, 5) is 2.53. The van der Waals surface area contributed by atoms with Gasteiger partial charge in [0.2, 0.25) is 0 Å². The largest absolute Gasteiger partial charge is 0.296 e. The first kappa shape index (κ1) is 14.0. The summed E-state index contributed by atoms with van der Waals surface area (Å²) in [6.45, 7) is 11.3. The molecule has 0 aliphatic rings. The van der Waals surface area contributed by atoms with Gasteiger partial charge >= 0.3 is 0 Å². The fraction of sp³-hybridized carbons (Fsp3) is 0.571. The average Bonchev–Trinajstić information content (AvgIpc) is 2.19. The standard InChI is InChI=1S/C14H22IN/c1-11(2)9-16(12(3)4)10-13-5-7-14(15)8-6-13/h5-8,11-12H,9-10H2,1-4H3. The third kappa shape index (κ3) is 4.83. The van der Waals surface area contributed by atoms with Crippen molar-refractivity contribution >= 4 is 22.6 Å². The van der Waals surface area contributed by atoms with E-state index in [0.717, 1.165) is 12.5 Å². The summed E-state index contributed by atoms with van der Waals surface area (Å²) in [6, 6.07) is 9.45. The Kier molecular flexibility index (Phi) is 5.76. The lowest BCUT2D eigenvalue weighted by atomic mass is 10.1. The summed E-state index contributed by atoms with van der Waals surface area (Å²) in [6.07, 6.45) is 0. The molecule has 0 heterocycles. The molecule has 1 rings (SSSR count). The molecule has 90 valence electrons. The molecule has 0 fully saturated rings. The summed E-state index contributed by atoms with van der Waals surface area (Å²) in [7, 11) is 0. The summed E-state index contributed by atoms with van der Waals surface area (Å²) >= 11 is 2.35. The lowest BCUT2D eigenvalue weighted by Gasteiger charge is -2.28. The molecule has 0 saturated heterocycles. The van der Waals surface area contributed by atoms with E-state index in [1.165, 1.54) is 15.7 Å². The zero-order valence-corrected chi connectivity index (χ0v) is 12.9. The van der Waals surface area contributed by atoms with Crippen molar-refractivity contribution in [1.29, 1.82) is 0 Å². The van der Waals surface area contributed by atoms with Crippen molar-refractivity contribution in [2.75, 3.05) is 6.54 Å². The van der Waals surface area contributed by atoms with Gasteiger partial charge in [-0.25, -0.2) is 0 Å². The summed E-state index contributed by atoms with van der Waals surface area (Å²) in [5, 5.41) is 0. The Bertz CT molecular complexity index is 303. The molecule has 0 aliphatic carbocycles. The highest BCUT2D eigenvalue weighted by molar-refractivity contribution is 14.1. The number of benzene rings is 1. The third-order valence-electron chi connectivity index (χ3n) is 2.63. The quantitative estimate of drug-likeness (QED) is 0.733. The second-order valence-corrected chi connectivity index (χ2v) is 6.29. The highest BCUT2D eigenvalue weighted by Gasteiger charge is 2.11. The summed E-state index contributed by atoms with van der Waals surface area (Å²) in [5.74, 6) is 0.728. The van der Waals surface area contributed by atoms with Crippen molar-refractivity contribution < 1.29 is 0 Å². The molecule has 0 unspecified atom stereocenters. The van der Waals surface area contributed by atoms with Gasteiger partial charge in [0, 0.05) is 22.7 Å². The van der Waals surface area contributed by atoms with Gasteiger partial charge in [-0.15, -0.1) is 0 Å². The Morgan fingerprint density at radius 1 is 1.06 bits per heavy atom. The normalized spacial score (nSPS) is 11.8. The lowest BCUT2D eigenvalue weighted by molar-refractivity contribution is 0.189. The number of nitrogens with zero attached hydrogens (tertiary/aromatic N) is 1. The van der Waals surface area contributed by atoms with Crippen LogP contribution in [0.2, 0.25) is 0 Å². The second kappa shape index (κ2) is 6.60. The molecule has 0 aliphatic heterocycles. The number of hydrogen-bond donors (Lipinski definition) is 0. The van der Waals surface area contributed by atoms with Crippen LogP contribution in [-0.2, 0) is 6.54 Å². The fourth-order valence-electron chi connectivity index (χ4n) is 1.75. The smallest absolute Gasteiger partial charge is 0.0236 e. The van der Waals surface area contributed by atoms with E-state index in [1.54, 1.807) is 0 Å². The van der Waals surface area contributed by atoms with Gasteiger partial charge in [-0.3, -0.25) is 4.90 Å². The third-order valence-corrected chi connectivity index (χ3v) is 3.35. The molecule has 16 heavy (non-hydrogen) atoms. The Labute approximate surface area is 113 Å². The maximum atomic E-state index is 2.53. The number of halogens is 1. The molecule has 0 bridgehead atoms. The van der Waals surface area contributed by atoms with E-state index in [9.17, 15) is 0 Å². The molecule has 1 nitrogen and oxygen atoms in total. The Hall–Kier alpha value is -0.0900. The van der Waals surface area contributed by atoms with Gasteiger partial charge in [0.25, 0.3) is 0 Å². The van der Waals surface area contributed by atoms with Gasteiger partial charge in [0.1, 0.15) is 0 Å². The highest BCUT2D eigenvalue weighted by atomic mass is 127. The van der Waals surface area contributed by atoms with Crippen LogP contribution in [0.5, 0.6) is 0 Å². The van der Waals surface area contributed by atoms with Crippen LogP contribution >= 0.6 is 22.6 Å². The first-order valence-electron chi connectivity index (χ1n) is 5.97. The minimum Gasteiger partial charge on any atom is -0.296 e. The summed E-state index contributed by atoms with van der Waals surface area (Å²) in [5.41, 5.74) is 1.41. The topological polar surface area (TPSA) is 3.24 Å². The monoisotopic (exact) mass is 331 g/mol. The molecule has 0 aromatic heterocycles. The van der Waals surface area contributed by atoms with E-state index in [4.69, 9.17) is 0 Å². The van der Waals surface area contributed by atoms with Crippen LogP contribution in [0.25, 0.3) is 0 Å². The molecule has 2 heteroatoms. The molecule has 1 aromatic carbocycles. The van der Waals surface area contributed by atoms with Crippen LogP contribution in [0.1, 0.15) is 33.3 Å². The van der Waals surface area contributed by atoms with Crippen molar-refractivity contribution in [1.82, 2.24) is 4.90 Å². The molecule has 0 saturated carbocycles. The fourth-order valence-corrected chi connectivity index (χ4v) is 2.11. The zero-order valence-electron chi connectivity index (χ0n) is 10.7. The van der Waals surface area contributed by atoms with Crippen LogP contribution in [0.15, 0.2) is 24.3 Å². The minimum absolute atomic E-state index is 0.613. The van der Waals surface area contributed by atoms with Crippen LogP contribution < -0.4 is 0 Å². The molecule has 0 radical (unpaired) electrons. The van der Waals surface area contributed by atoms with Crippen LogP contribution in [0.3, 0.4) is 0 Å². The molecular formula is C14H22IN. The summed E-state index contributed by atoms with van der Waals surface area (Å²) < 4.78 is 1.31. The maximum absolute atomic E-state index is 2.53. The van der Waals surface area contributed by atoms with Crippen molar-refractivity contribution in [3.8, 4) is 0 Å². The minimum atomic E-state index is 0.613. The van der Waals surface area contributed by atoms with E-state index in [1.807, 2.05) is 0 Å². The molecule has 1 aromatic rings. The SMILES string of the molecule is CC(C)CN(Cc1ccc(I)cc1)C(C)C. The second-order valence-electron chi connectivity index (χ2n) is 5.04. The molecule has 0 atom stereocenters. The highest BCUT2D eigenvalue weighted by Crippen LogP contribution is 2.12. The van der Waals surface area contributed by atoms with E-state index in [0.29, 0.717) is 6.04 Å². The van der Waals surface area contributed by atoms with Gasteiger partial charge in [-0.2, -0.15) is 0 Å². The van der Waals surface area contributed by atoms with E-state index < -0.39 is 0 Å². The van der Waals surface area contributed by atoms with Crippen LogP contribution in [0, 0.1) is 9.49 Å². The van der Waals surface area contributed by atoms with E-state index in [2.05, 4.69) is 79.5 Å². The lowest BCUT2D eigenvalue weighted by Crippen LogP contribution is -2.33. The number of rotatable bonds is 5. The first-order chi connectivity index (χ1) is 7.49. The average molecular weight is 331 g/mol.